The highest BCUT2D eigenvalue weighted by Gasteiger charge is 2.60. The lowest BCUT2D eigenvalue weighted by molar-refractivity contribution is -0.169. The van der Waals surface area contributed by atoms with E-state index in [4.69, 9.17) is 14.2 Å². The molecule has 0 radical (unpaired) electrons. The maximum atomic E-state index is 12.8. The van der Waals surface area contributed by atoms with Crippen LogP contribution in [0.2, 0.25) is 0 Å². The lowest BCUT2D eigenvalue weighted by Crippen LogP contribution is -2.58. The second kappa shape index (κ2) is 6.71. The van der Waals surface area contributed by atoms with Crippen molar-refractivity contribution in [3.63, 3.8) is 0 Å². The van der Waals surface area contributed by atoms with E-state index in [2.05, 4.69) is 0 Å². The molecule has 1 aromatic carbocycles. The summed E-state index contributed by atoms with van der Waals surface area (Å²) in [7, 11) is 4.63. The summed E-state index contributed by atoms with van der Waals surface area (Å²) in [4.78, 5) is 12.8. The number of methoxy groups -OCH3 is 3. The Labute approximate surface area is 159 Å². The fourth-order valence-corrected chi connectivity index (χ4v) is 4.78. The average Bonchev–Trinajstić information content (AvgIpc) is 2.64. The molecule has 0 spiro atoms. The Bertz CT molecular complexity index is 796. The van der Waals surface area contributed by atoms with Crippen LogP contribution in [0, 0.1) is 5.41 Å². The number of benzene rings is 1. The molecular weight excluding hydrogens is 348 g/mol. The molecule has 0 aliphatic heterocycles. The molecule has 148 valence electrons. The van der Waals surface area contributed by atoms with E-state index in [1.807, 2.05) is 26.0 Å². The van der Waals surface area contributed by atoms with Crippen molar-refractivity contribution >= 4 is 5.78 Å². The summed E-state index contributed by atoms with van der Waals surface area (Å²) in [6.45, 7) is 5.42. The molecule has 0 aromatic heterocycles. The zero-order valence-electron chi connectivity index (χ0n) is 16.7. The molecule has 2 bridgehead atoms. The fraction of sp³-hybridized carbons (Fsp3) is 0.571. The molecule has 2 N–H and O–H groups in total. The number of hydrogen-bond donors (Lipinski definition) is 2. The van der Waals surface area contributed by atoms with Crippen LogP contribution in [0.1, 0.15) is 50.5 Å². The van der Waals surface area contributed by atoms with Crippen LogP contribution in [0.15, 0.2) is 29.3 Å². The zero-order chi connectivity index (χ0) is 20.1. The molecule has 3 rings (SSSR count). The highest BCUT2D eigenvalue weighted by Crippen LogP contribution is 2.58. The highest BCUT2D eigenvalue weighted by atomic mass is 16.5. The van der Waals surface area contributed by atoms with Crippen molar-refractivity contribution in [2.24, 2.45) is 5.41 Å². The highest BCUT2D eigenvalue weighted by molar-refractivity contribution is 5.98. The second-order valence-corrected chi connectivity index (χ2v) is 7.87. The van der Waals surface area contributed by atoms with E-state index >= 15 is 0 Å². The van der Waals surface area contributed by atoms with Crippen molar-refractivity contribution in [2.75, 3.05) is 21.3 Å². The van der Waals surface area contributed by atoms with E-state index in [1.165, 1.54) is 7.11 Å². The topological polar surface area (TPSA) is 85.2 Å². The number of carbonyl (C=O) groups excluding carboxylic acids is 1. The van der Waals surface area contributed by atoms with Gasteiger partial charge in [-0.25, -0.2) is 0 Å². The summed E-state index contributed by atoms with van der Waals surface area (Å²) in [6.07, 6.45) is -2.68. The van der Waals surface area contributed by atoms with Crippen LogP contribution >= 0.6 is 0 Å². The second-order valence-electron chi connectivity index (χ2n) is 7.87. The molecule has 0 heterocycles. The van der Waals surface area contributed by atoms with Crippen LogP contribution in [-0.2, 0) is 14.3 Å². The molecule has 1 aromatic rings. The third kappa shape index (κ3) is 2.58. The molecule has 6 heteroatoms. The van der Waals surface area contributed by atoms with Gasteiger partial charge >= 0.3 is 0 Å². The molecule has 6 nitrogen and oxygen atoms in total. The van der Waals surface area contributed by atoms with Gasteiger partial charge < -0.3 is 24.4 Å². The first-order chi connectivity index (χ1) is 12.7. The first kappa shape index (κ1) is 20.0. The van der Waals surface area contributed by atoms with Gasteiger partial charge in [0.2, 0.25) is 0 Å². The summed E-state index contributed by atoms with van der Waals surface area (Å²) in [5.41, 5.74) is -0.334. The molecule has 2 aliphatic carbocycles. The van der Waals surface area contributed by atoms with Gasteiger partial charge in [-0.2, -0.15) is 0 Å². The largest absolute Gasteiger partial charge is 0.496 e. The number of hydrogen-bond acceptors (Lipinski definition) is 6. The lowest BCUT2D eigenvalue weighted by atomic mass is 9.56. The number of rotatable bonds is 3. The van der Waals surface area contributed by atoms with E-state index in [1.54, 1.807) is 27.2 Å². The maximum Gasteiger partial charge on any atom is 0.161 e. The molecule has 0 amide bonds. The standard InChI is InChI=1S/C21H28O6/c1-11-13(22)10-21(24)19(23)15-12(8-7-9-14(15)25-4)17(26-5)18(27-6)16(11)20(21,2)3/h7-9,17-19,23-24H,10H2,1-6H3/t17-,18-,19+,21-/m1/s1. The monoisotopic (exact) mass is 376 g/mol. The molecule has 27 heavy (non-hydrogen) atoms. The third-order valence-electron chi connectivity index (χ3n) is 6.43. The van der Waals surface area contributed by atoms with Gasteiger partial charge in [0.05, 0.1) is 7.11 Å². The van der Waals surface area contributed by atoms with Gasteiger partial charge in [-0.3, -0.25) is 4.79 Å². The van der Waals surface area contributed by atoms with Crippen molar-refractivity contribution in [1.29, 1.82) is 0 Å². The summed E-state index contributed by atoms with van der Waals surface area (Å²) in [5.74, 6) is 0.226. The Balaban J connectivity index is 2.45. The number of aliphatic hydroxyl groups excluding tert-OH is 1. The van der Waals surface area contributed by atoms with E-state index in [9.17, 15) is 15.0 Å². The Kier molecular flexibility index (Phi) is 4.97. The van der Waals surface area contributed by atoms with E-state index in [-0.39, 0.29) is 12.2 Å². The molecule has 2 aliphatic rings. The van der Waals surface area contributed by atoms with Crippen LogP contribution in [-0.4, -0.2) is 49.0 Å². The Morgan fingerprint density at radius 1 is 1.11 bits per heavy atom. The van der Waals surface area contributed by atoms with Gasteiger partial charge in [-0.15, -0.1) is 0 Å². The van der Waals surface area contributed by atoms with Crippen molar-refractivity contribution in [1.82, 2.24) is 0 Å². The van der Waals surface area contributed by atoms with Crippen molar-refractivity contribution in [3.05, 3.63) is 40.5 Å². The fourth-order valence-electron chi connectivity index (χ4n) is 4.78. The first-order valence-corrected chi connectivity index (χ1v) is 9.03. The number of carbonyl (C=O) groups is 1. The Hall–Kier alpha value is -1.73. The van der Waals surface area contributed by atoms with Crippen molar-refractivity contribution < 1.29 is 29.2 Å². The minimum atomic E-state index is -1.71. The van der Waals surface area contributed by atoms with Gasteiger partial charge in [-0.05, 0) is 29.7 Å². The minimum Gasteiger partial charge on any atom is -0.496 e. The van der Waals surface area contributed by atoms with Crippen LogP contribution in [0.5, 0.6) is 5.75 Å². The minimum absolute atomic E-state index is 0.179. The number of Topliss-reactive ketones (excluding diaryl/α,β-unsaturated/α-hetero) is 1. The number of aliphatic hydroxyl groups is 2. The van der Waals surface area contributed by atoms with E-state index < -0.39 is 29.3 Å². The first-order valence-electron chi connectivity index (χ1n) is 9.03. The van der Waals surface area contributed by atoms with Crippen LogP contribution in [0.4, 0.5) is 0 Å². The molecule has 4 atom stereocenters. The molecule has 0 saturated heterocycles. The number of ketones is 1. The predicted molar refractivity (Wildman–Crippen MR) is 99.6 cm³/mol. The number of allylic oxidation sites excluding steroid dienone is 1. The van der Waals surface area contributed by atoms with E-state index in [0.29, 0.717) is 28.0 Å². The van der Waals surface area contributed by atoms with Crippen molar-refractivity contribution in [3.8, 4) is 5.75 Å². The predicted octanol–water partition coefficient (Wildman–Crippen LogP) is 2.49. The molecule has 0 saturated carbocycles. The maximum absolute atomic E-state index is 12.8. The zero-order valence-corrected chi connectivity index (χ0v) is 16.7. The van der Waals surface area contributed by atoms with Gasteiger partial charge in [0.1, 0.15) is 29.7 Å². The summed E-state index contributed by atoms with van der Waals surface area (Å²) < 4.78 is 17.1. The molecule has 0 unspecified atom stereocenters. The van der Waals surface area contributed by atoms with E-state index in [0.717, 1.165) is 0 Å². The van der Waals surface area contributed by atoms with Crippen LogP contribution < -0.4 is 4.74 Å². The summed E-state index contributed by atoms with van der Waals surface area (Å²) in [5, 5.41) is 23.0. The smallest absolute Gasteiger partial charge is 0.161 e. The van der Waals surface area contributed by atoms with Gasteiger partial charge in [0, 0.05) is 31.6 Å². The Morgan fingerprint density at radius 2 is 1.74 bits per heavy atom. The van der Waals surface area contributed by atoms with Gasteiger partial charge in [0.15, 0.2) is 5.78 Å². The normalized spacial score (nSPS) is 32.6. The van der Waals surface area contributed by atoms with Crippen molar-refractivity contribution in [2.45, 2.75) is 51.1 Å². The average molecular weight is 376 g/mol. The van der Waals surface area contributed by atoms with Gasteiger partial charge in [-0.1, -0.05) is 26.0 Å². The third-order valence-corrected chi connectivity index (χ3v) is 6.43. The van der Waals surface area contributed by atoms with Crippen LogP contribution in [0.25, 0.3) is 0 Å². The molecular formula is C21H28O6. The number of fused-ring (bicyclic) bond motifs is 3. The van der Waals surface area contributed by atoms with Crippen LogP contribution in [0.3, 0.4) is 0 Å². The SMILES string of the molecule is COc1cccc2c1[C@H](O)[C@]1(O)CC(=O)C(C)=C([C@@H](OC)[C@@H]2OC)C1(C)C. The quantitative estimate of drug-likeness (QED) is 0.843. The van der Waals surface area contributed by atoms with Gasteiger partial charge in [0.25, 0.3) is 0 Å². The summed E-state index contributed by atoms with van der Waals surface area (Å²) in [6, 6.07) is 5.36. The summed E-state index contributed by atoms with van der Waals surface area (Å²) >= 11 is 0. The Morgan fingerprint density at radius 3 is 2.30 bits per heavy atom. The lowest BCUT2D eigenvalue weighted by Gasteiger charge is -2.54. The number of ether oxygens (including phenoxy) is 3. The molecule has 0 fully saturated rings.